The van der Waals surface area contributed by atoms with Crippen molar-refractivity contribution in [1.82, 2.24) is 9.97 Å². The summed E-state index contributed by atoms with van der Waals surface area (Å²) >= 11 is 0. The first-order chi connectivity index (χ1) is 18.3. The highest BCUT2D eigenvalue weighted by atomic mass is 19.1. The van der Waals surface area contributed by atoms with E-state index in [4.69, 9.17) is 10.5 Å². The van der Waals surface area contributed by atoms with Crippen LogP contribution in [0.2, 0.25) is 6.82 Å². The predicted molar refractivity (Wildman–Crippen MR) is 147 cm³/mol. The van der Waals surface area contributed by atoms with E-state index < -0.39 is 17.5 Å². The van der Waals surface area contributed by atoms with Gasteiger partial charge in [-0.1, -0.05) is 31.7 Å². The van der Waals surface area contributed by atoms with Crippen LogP contribution >= 0.6 is 0 Å². The number of ether oxygens (including phenoxy) is 1. The van der Waals surface area contributed by atoms with E-state index in [-0.39, 0.29) is 35.0 Å². The first-order valence-electron chi connectivity index (χ1n) is 13.2. The molecule has 1 amide bonds. The van der Waals surface area contributed by atoms with Crippen LogP contribution in [-0.4, -0.2) is 41.9 Å². The average Bonchev–Trinajstić information content (AvgIpc) is 2.90. The molecule has 1 aromatic carbocycles. The fourth-order valence-electron chi connectivity index (χ4n) is 5.56. The maximum absolute atomic E-state index is 14.9. The highest BCUT2D eigenvalue weighted by Crippen LogP contribution is 2.41. The van der Waals surface area contributed by atoms with Gasteiger partial charge in [-0.15, -0.1) is 0 Å². The summed E-state index contributed by atoms with van der Waals surface area (Å²) in [6.45, 7) is 8.24. The number of carbonyl (C=O) groups excluding carboxylic acids is 1. The second-order valence-corrected chi connectivity index (χ2v) is 9.86. The first kappa shape index (κ1) is 27.9. The minimum Gasteiger partial charge on any atom is -0.377 e. The van der Waals surface area contributed by atoms with Crippen LogP contribution in [-0.2, 0) is 4.74 Å². The molecule has 1 aliphatic rings. The zero-order valence-corrected chi connectivity index (χ0v) is 22.3. The molecule has 1 aliphatic carbocycles. The van der Waals surface area contributed by atoms with Gasteiger partial charge in [0.2, 0.25) is 0 Å². The van der Waals surface area contributed by atoms with E-state index in [2.05, 4.69) is 22.2 Å². The second-order valence-electron chi connectivity index (χ2n) is 9.86. The first-order valence-corrected chi connectivity index (χ1v) is 13.2. The van der Waals surface area contributed by atoms with Gasteiger partial charge in [0.25, 0.3) is 5.91 Å². The van der Waals surface area contributed by atoms with Gasteiger partial charge in [0, 0.05) is 24.4 Å². The number of hydrogen-bond donors (Lipinski definition) is 2. The summed E-state index contributed by atoms with van der Waals surface area (Å²) in [7, 11) is 1.69. The van der Waals surface area contributed by atoms with E-state index in [0.29, 0.717) is 29.2 Å². The van der Waals surface area contributed by atoms with Crippen LogP contribution in [0, 0.1) is 24.5 Å². The normalized spacial score (nSPS) is 21.2. The van der Waals surface area contributed by atoms with Gasteiger partial charge < -0.3 is 15.8 Å². The Balaban J connectivity index is 1.62. The topological polar surface area (TPSA) is 90.1 Å². The molecular weight excluding hydrogens is 485 g/mol. The number of halogens is 2. The van der Waals surface area contributed by atoms with E-state index in [1.165, 1.54) is 12.1 Å². The molecule has 4 atom stereocenters. The highest BCUT2D eigenvalue weighted by molar-refractivity contribution is 6.54. The largest absolute Gasteiger partial charge is 0.377 e. The molecule has 38 heavy (non-hydrogen) atoms. The summed E-state index contributed by atoms with van der Waals surface area (Å²) in [5.41, 5.74) is 9.02. The molecular formula is C29H34BF2N4O2. The summed E-state index contributed by atoms with van der Waals surface area (Å²) < 4.78 is 35.7. The molecule has 199 valence electrons. The van der Waals surface area contributed by atoms with E-state index >= 15 is 0 Å². The Morgan fingerprint density at radius 2 is 1.97 bits per heavy atom. The Hall–Kier alpha value is -3.17. The number of anilines is 1. The van der Waals surface area contributed by atoms with Crippen molar-refractivity contribution < 1.29 is 18.3 Å². The van der Waals surface area contributed by atoms with Gasteiger partial charge in [-0.25, -0.2) is 13.8 Å². The van der Waals surface area contributed by atoms with Crippen molar-refractivity contribution in [2.45, 2.75) is 64.9 Å². The van der Waals surface area contributed by atoms with E-state index in [1.807, 2.05) is 13.0 Å². The van der Waals surface area contributed by atoms with E-state index in [9.17, 15) is 13.6 Å². The lowest BCUT2D eigenvalue weighted by Gasteiger charge is -2.40. The van der Waals surface area contributed by atoms with Crippen molar-refractivity contribution >= 4 is 24.3 Å². The summed E-state index contributed by atoms with van der Waals surface area (Å²) in [5.74, 6) is -1.42. The number of pyridine rings is 2. The van der Waals surface area contributed by atoms with Crippen LogP contribution < -0.4 is 16.5 Å². The fraction of sp³-hybridized carbons (Fsp3) is 0.414. The quantitative estimate of drug-likeness (QED) is 0.409. The molecule has 9 heteroatoms. The number of amides is 1. The predicted octanol–water partition coefficient (Wildman–Crippen LogP) is 5.00. The molecule has 6 nitrogen and oxygen atoms in total. The van der Waals surface area contributed by atoms with Gasteiger partial charge in [0.05, 0.1) is 18.0 Å². The van der Waals surface area contributed by atoms with Crippen LogP contribution in [0.5, 0.6) is 0 Å². The van der Waals surface area contributed by atoms with Crippen molar-refractivity contribution in [2.24, 2.45) is 11.7 Å². The standard InChI is InChI=1S/C29H34BF2N4O2/c1-5-17-13-18(14-23(33)28(17)38-6-2)19-9-10-34-15-25(19)36-29(37)24-8-7-21(31)27(35-24)26-20(30-4)11-16(3)12-22(26)32/h7-12,15,17-18,23,28H,5-6,13-14,33H2,1-4H3,(H,36,37)/t17-,18+,23+,28-/m1/s1. The minimum absolute atomic E-state index is 0.00962. The molecule has 0 bridgehead atoms. The number of nitrogens with one attached hydrogen (secondary N) is 1. The van der Waals surface area contributed by atoms with Gasteiger partial charge in [-0.2, -0.15) is 0 Å². The molecule has 3 N–H and O–H groups in total. The third-order valence-electron chi connectivity index (χ3n) is 7.35. The summed E-state index contributed by atoms with van der Waals surface area (Å²) in [6.07, 6.45) is 5.85. The molecule has 1 fully saturated rings. The monoisotopic (exact) mass is 519 g/mol. The molecule has 0 aliphatic heterocycles. The van der Waals surface area contributed by atoms with Crippen molar-refractivity contribution in [3.8, 4) is 11.3 Å². The maximum Gasteiger partial charge on any atom is 0.274 e. The number of rotatable bonds is 8. The number of aryl methyl sites for hydroxylation is 1. The van der Waals surface area contributed by atoms with Crippen molar-refractivity contribution in [3.63, 3.8) is 0 Å². The summed E-state index contributed by atoms with van der Waals surface area (Å²) in [6, 6.07) is 7.29. The fourth-order valence-corrected chi connectivity index (χ4v) is 5.56. The van der Waals surface area contributed by atoms with Crippen molar-refractivity contribution in [2.75, 3.05) is 11.9 Å². The van der Waals surface area contributed by atoms with Crippen LogP contribution in [0.4, 0.5) is 14.5 Å². The Kier molecular flexibility index (Phi) is 8.89. The molecule has 2 aromatic heterocycles. The van der Waals surface area contributed by atoms with E-state index in [0.717, 1.165) is 30.9 Å². The summed E-state index contributed by atoms with van der Waals surface area (Å²) in [5, 5.41) is 2.90. The Morgan fingerprint density at radius 1 is 1.18 bits per heavy atom. The zero-order valence-electron chi connectivity index (χ0n) is 22.3. The molecule has 0 unspecified atom stereocenters. The lowest BCUT2D eigenvalue weighted by atomic mass is 9.69. The Labute approximate surface area is 223 Å². The number of nitrogens with zero attached hydrogens (tertiary/aromatic N) is 2. The Morgan fingerprint density at radius 3 is 2.68 bits per heavy atom. The van der Waals surface area contributed by atoms with E-state index in [1.54, 1.807) is 39.5 Å². The molecule has 2 heterocycles. The van der Waals surface area contributed by atoms with Gasteiger partial charge in [0.15, 0.2) is 0 Å². The van der Waals surface area contributed by atoms with Gasteiger partial charge >= 0.3 is 0 Å². The van der Waals surface area contributed by atoms with Gasteiger partial charge in [-0.3, -0.25) is 9.78 Å². The van der Waals surface area contributed by atoms with Crippen molar-refractivity contribution in [3.05, 3.63) is 71.2 Å². The SMILES string of the molecule is C[B]c1cc(C)cc(F)c1-c1nc(C(=O)Nc2cnccc2[C@H]2C[C@@H](CC)[C@@H](OCC)[C@@H](N)C2)ccc1F. The average molecular weight is 519 g/mol. The molecule has 3 aromatic rings. The number of hydrogen-bond acceptors (Lipinski definition) is 5. The lowest BCUT2D eigenvalue weighted by Crippen LogP contribution is -2.47. The minimum atomic E-state index is -0.708. The van der Waals surface area contributed by atoms with Gasteiger partial charge in [-0.05, 0) is 73.9 Å². The molecule has 1 saturated carbocycles. The second kappa shape index (κ2) is 12.1. The molecule has 1 radical (unpaired) electrons. The number of nitrogens with two attached hydrogens (primary N) is 1. The van der Waals surface area contributed by atoms with Crippen molar-refractivity contribution in [1.29, 1.82) is 0 Å². The van der Waals surface area contributed by atoms with Crippen LogP contribution in [0.25, 0.3) is 11.3 Å². The number of benzene rings is 1. The van der Waals surface area contributed by atoms with Crippen LogP contribution in [0.3, 0.4) is 0 Å². The highest BCUT2D eigenvalue weighted by Gasteiger charge is 2.37. The lowest BCUT2D eigenvalue weighted by molar-refractivity contribution is -0.0233. The Bertz CT molecular complexity index is 1310. The zero-order chi connectivity index (χ0) is 27.4. The number of aromatic nitrogens is 2. The third-order valence-corrected chi connectivity index (χ3v) is 7.35. The molecule has 0 spiro atoms. The molecule has 0 saturated heterocycles. The molecule has 4 rings (SSSR count). The third kappa shape index (κ3) is 5.79. The maximum atomic E-state index is 14.9. The van der Waals surface area contributed by atoms with Crippen LogP contribution in [0.1, 0.15) is 60.6 Å². The van der Waals surface area contributed by atoms with Gasteiger partial charge in [0.1, 0.15) is 30.3 Å². The number of carbonyl (C=O) groups is 1. The smallest absolute Gasteiger partial charge is 0.274 e. The van der Waals surface area contributed by atoms with Crippen LogP contribution in [0.15, 0.2) is 42.7 Å². The summed E-state index contributed by atoms with van der Waals surface area (Å²) in [4.78, 5) is 21.7.